The van der Waals surface area contributed by atoms with E-state index in [0.29, 0.717) is 12.1 Å². The zero-order valence-corrected chi connectivity index (χ0v) is 14.6. The standard InChI is InChI=1S/C18H25N3O4/c1-13-11-21(12-15(25-13)18(23)24)17(22)14-6-7-16(19-10-14)20-8-4-2-3-5-9-20/h6-7,10,13,15H,2-5,8-9,11-12H2,1H3,(H,23,24)/t13-,15?/m1/s1. The molecule has 0 spiro atoms. The smallest absolute Gasteiger partial charge is 0.334 e. The lowest BCUT2D eigenvalue weighted by Crippen LogP contribution is -2.51. The second kappa shape index (κ2) is 7.82. The molecule has 2 aliphatic heterocycles. The predicted octanol–water partition coefficient (Wildman–Crippen LogP) is 1.78. The van der Waals surface area contributed by atoms with E-state index in [2.05, 4.69) is 9.88 Å². The summed E-state index contributed by atoms with van der Waals surface area (Å²) in [5.41, 5.74) is 0.483. The van der Waals surface area contributed by atoms with Crippen LogP contribution in [0, 0.1) is 0 Å². The lowest BCUT2D eigenvalue weighted by atomic mass is 10.1. The topological polar surface area (TPSA) is 83.0 Å². The number of carbonyl (C=O) groups is 2. The summed E-state index contributed by atoms with van der Waals surface area (Å²) < 4.78 is 5.36. The van der Waals surface area contributed by atoms with Crippen LogP contribution in [0.2, 0.25) is 0 Å². The number of ether oxygens (including phenoxy) is 1. The number of carbonyl (C=O) groups excluding carboxylic acids is 1. The Kier molecular flexibility index (Phi) is 5.53. The number of hydrogen-bond donors (Lipinski definition) is 1. The van der Waals surface area contributed by atoms with Gasteiger partial charge in [0.2, 0.25) is 0 Å². The number of nitrogens with zero attached hydrogens (tertiary/aromatic N) is 3. The molecule has 7 heteroatoms. The van der Waals surface area contributed by atoms with Crippen molar-refractivity contribution in [2.75, 3.05) is 31.1 Å². The summed E-state index contributed by atoms with van der Waals surface area (Å²) in [6, 6.07) is 3.67. The number of morpholine rings is 1. The molecular weight excluding hydrogens is 322 g/mol. The van der Waals surface area contributed by atoms with Crippen LogP contribution in [0.25, 0.3) is 0 Å². The monoisotopic (exact) mass is 347 g/mol. The van der Waals surface area contributed by atoms with Gasteiger partial charge in [-0.05, 0) is 31.9 Å². The van der Waals surface area contributed by atoms with E-state index in [9.17, 15) is 9.59 Å². The average molecular weight is 347 g/mol. The maximum atomic E-state index is 12.7. The Bertz CT molecular complexity index is 611. The number of aromatic nitrogens is 1. The molecule has 3 heterocycles. The number of carboxylic acid groups (broad SMARTS) is 1. The zero-order valence-electron chi connectivity index (χ0n) is 14.6. The van der Waals surface area contributed by atoms with Crippen molar-refractivity contribution in [1.82, 2.24) is 9.88 Å². The summed E-state index contributed by atoms with van der Waals surface area (Å²) in [4.78, 5) is 32.1. The Balaban J connectivity index is 1.68. The lowest BCUT2D eigenvalue weighted by molar-refractivity contribution is -0.160. The van der Waals surface area contributed by atoms with E-state index in [1.165, 1.54) is 30.6 Å². The largest absolute Gasteiger partial charge is 0.479 e. The summed E-state index contributed by atoms with van der Waals surface area (Å²) in [5, 5.41) is 9.15. The van der Waals surface area contributed by atoms with Crippen LogP contribution in [0.15, 0.2) is 18.3 Å². The molecule has 0 saturated carbocycles. The number of hydrogen-bond acceptors (Lipinski definition) is 5. The molecule has 0 aliphatic carbocycles. The lowest BCUT2D eigenvalue weighted by Gasteiger charge is -2.35. The minimum atomic E-state index is -1.04. The van der Waals surface area contributed by atoms with E-state index < -0.39 is 12.1 Å². The van der Waals surface area contributed by atoms with Crippen molar-refractivity contribution < 1.29 is 19.4 Å². The Hall–Kier alpha value is -2.15. The quantitative estimate of drug-likeness (QED) is 0.897. The fourth-order valence-electron chi connectivity index (χ4n) is 3.44. The predicted molar refractivity (Wildman–Crippen MR) is 92.8 cm³/mol. The molecule has 1 amide bonds. The van der Waals surface area contributed by atoms with Crippen LogP contribution in [-0.2, 0) is 9.53 Å². The van der Waals surface area contributed by atoms with Gasteiger partial charge >= 0.3 is 5.97 Å². The van der Waals surface area contributed by atoms with Gasteiger partial charge in [-0.3, -0.25) is 4.79 Å². The normalized spacial score (nSPS) is 24.7. The molecule has 1 aromatic heterocycles. The van der Waals surface area contributed by atoms with Crippen molar-refractivity contribution in [2.45, 2.75) is 44.8 Å². The van der Waals surface area contributed by atoms with E-state index >= 15 is 0 Å². The summed E-state index contributed by atoms with van der Waals surface area (Å²) in [5.74, 6) is -0.340. The zero-order chi connectivity index (χ0) is 17.8. The summed E-state index contributed by atoms with van der Waals surface area (Å²) in [7, 11) is 0. The highest BCUT2D eigenvalue weighted by atomic mass is 16.5. The number of carboxylic acids is 1. The molecule has 1 aromatic rings. The van der Waals surface area contributed by atoms with Gasteiger partial charge in [0.05, 0.1) is 18.2 Å². The summed E-state index contributed by atoms with van der Waals surface area (Å²) >= 11 is 0. The first-order chi connectivity index (χ1) is 12.0. The molecule has 2 aliphatic rings. The molecule has 7 nitrogen and oxygen atoms in total. The molecular formula is C18H25N3O4. The number of pyridine rings is 1. The third-order valence-electron chi connectivity index (χ3n) is 4.75. The van der Waals surface area contributed by atoms with E-state index in [0.717, 1.165) is 18.9 Å². The van der Waals surface area contributed by atoms with Crippen molar-refractivity contribution in [2.24, 2.45) is 0 Å². The van der Waals surface area contributed by atoms with Crippen LogP contribution in [0.4, 0.5) is 5.82 Å². The summed E-state index contributed by atoms with van der Waals surface area (Å²) in [6.45, 7) is 4.22. The molecule has 25 heavy (non-hydrogen) atoms. The SMILES string of the molecule is C[C@@H]1CN(C(=O)c2ccc(N3CCCCCC3)nc2)CC(C(=O)O)O1. The van der Waals surface area contributed by atoms with Gasteiger partial charge < -0.3 is 19.6 Å². The number of amides is 1. The highest BCUT2D eigenvalue weighted by molar-refractivity contribution is 5.94. The Morgan fingerprint density at radius 1 is 1.16 bits per heavy atom. The third-order valence-corrected chi connectivity index (χ3v) is 4.75. The fraction of sp³-hybridized carbons (Fsp3) is 0.611. The molecule has 2 atom stereocenters. The maximum Gasteiger partial charge on any atom is 0.334 e. The summed E-state index contributed by atoms with van der Waals surface area (Å²) in [6.07, 6.45) is 5.17. The Labute approximate surface area is 147 Å². The van der Waals surface area contributed by atoms with Gasteiger partial charge in [0, 0.05) is 25.8 Å². The van der Waals surface area contributed by atoms with Crippen LogP contribution in [0.1, 0.15) is 43.0 Å². The number of anilines is 1. The molecule has 0 aromatic carbocycles. The first-order valence-electron chi connectivity index (χ1n) is 8.93. The highest BCUT2D eigenvalue weighted by Crippen LogP contribution is 2.19. The molecule has 1 N–H and O–H groups in total. The van der Waals surface area contributed by atoms with Gasteiger partial charge in [-0.1, -0.05) is 12.8 Å². The molecule has 2 saturated heterocycles. The minimum Gasteiger partial charge on any atom is -0.479 e. The van der Waals surface area contributed by atoms with Crippen molar-refractivity contribution in [3.05, 3.63) is 23.9 Å². The first-order valence-corrected chi connectivity index (χ1v) is 8.93. The highest BCUT2D eigenvalue weighted by Gasteiger charge is 2.33. The molecule has 136 valence electrons. The molecule has 0 bridgehead atoms. The van der Waals surface area contributed by atoms with Crippen LogP contribution in [-0.4, -0.2) is 65.3 Å². The van der Waals surface area contributed by atoms with Gasteiger partial charge in [-0.15, -0.1) is 0 Å². The molecule has 3 rings (SSSR count). The molecule has 0 radical (unpaired) electrons. The van der Waals surface area contributed by atoms with Crippen molar-refractivity contribution in [1.29, 1.82) is 0 Å². The van der Waals surface area contributed by atoms with E-state index in [4.69, 9.17) is 9.84 Å². The van der Waals surface area contributed by atoms with Gasteiger partial charge in [-0.2, -0.15) is 0 Å². The van der Waals surface area contributed by atoms with Crippen molar-refractivity contribution in [3.63, 3.8) is 0 Å². The van der Waals surface area contributed by atoms with Crippen LogP contribution in [0.3, 0.4) is 0 Å². The van der Waals surface area contributed by atoms with Gasteiger partial charge in [0.25, 0.3) is 5.91 Å². The van der Waals surface area contributed by atoms with Crippen LogP contribution in [0.5, 0.6) is 0 Å². The third kappa shape index (κ3) is 4.28. The average Bonchev–Trinajstić information content (AvgIpc) is 2.90. The molecule has 1 unspecified atom stereocenters. The minimum absolute atomic E-state index is 0.0619. The van der Waals surface area contributed by atoms with Gasteiger partial charge in [-0.25, -0.2) is 9.78 Å². The molecule has 2 fully saturated rings. The van der Waals surface area contributed by atoms with Gasteiger partial charge in [0.1, 0.15) is 5.82 Å². The van der Waals surface area contributed by atoms with E-state index in [1.54, 1.807) is 19.2 Å². The first kappa shape index (κ1) is 17.7. The Morgan fingerprint density at radius 2 is 1.88 bits per heavy atom. The Morgan fingerprint density at radius 3 is 2.48 bits per heavy atom. The van der Waals surface area contributed by atoms with E-state index in [-0.39, 0.29) is 18.6 Å². The maximum absolute atomic E-state index is 12.7. The van der Waals surface area contributed by atoms with Crippen LogP contribution >= 0.6 is 0 Å². The number of rotatable bonds is 3. The van der Waals surface area contributed by atoms with Gasteiger partial charge in [0.15, 0.2) is 6.10 Å². The van der Waals surface area contributed by atoms with E-state index in [1.807, 2.05) is 6.07 Å². The van der Waals surface area contributed by atoms with Crippen LogP contribution < -0.4 is 4.90 Å². The second-order valence-corrected chi connectivity index (χ2v) is 6.79. The van der Waals surface area contributed by atoms with Crippen molar-refractivity contribution in [3.8, 4) is 0 Å². The second-order valence-electron chi connectivity index (χ2n) is 6.79. The fourth-order valence-corrected chi connectivity index (χ4v) is 3.44. The van der Waals surface area contributed by atoms with Crippen molar-refractivity contribution >= 4 is 17.7 Å². The number of aliphatic carboxylic acids is 1.